The number of sulfonamides is 1. The SMILES string of the molecule is CC(=O)N1C=Cc2ccccc2C1CC(=O)Nc1cc(S(=O)(=O)N2CCCCC2)ccc1C. The monoisotopic (exact) mass is 467 g/mol. The van der Waals surface area contributed by atoms with Crippen molar-refractivity contribution >= 4 is 33.6 Å². The van der Waals surface area contributed by atoms with Crippen LogP contribution in [0, 0.1) is 6.92 Å². The number of aryl methyl sites for hydroxylation is 1. The highest BCUT2D eigenvalue weighted by Crippen LogP contribution is 2.33. The number of carbonyl (C=O) groups excluding carboxylic acids is 2. The average Bonchev–Trinajstić information content (AvgIpc) is 2.81. The first-order chi connectivity index (χ1) is 15.8. The van der Waals surface area contributed by atoms with E-state index in [1.165, 1.54) is 17.3 Å². The molecule has 0 spiro atoms. The first-order valence-corrected chi connectivity index (χ1v) is 12.7. The Balaban J connectivity index is 1.55. The Morgan fingerprint density at radius 1 is 1.06 bits per heavy atom. The summed E-state index contributed by atoms with van der Waals surface area (Å²) in [5.41, 5.74) is 3.11. The Kier molecular flexibility index (Phi) is 6.67. The van der Waals surface area contributed by atoms with E-state index in [9.17, 15) is 18.0 Å². The van der Waals surface area contributed by atoms with E-state index in [1.807, 2.05) is 37.3 Å². The molecule has 1 fully saturated rings. The molecule has 1 N–H and O–H groups in total. The number of nitrogens with zero attached hydrogens (tertiary/aromatic N) is 2. The Morgan fingerprint density at radius 2 is 1.79 bits per heavy atom. The number of hydrogen-bond acceptors (Lipinski definition) is 4. The molecular weight excluding hydrogens is 438 g/mol. The van der Waals surface area contributed by atoms with Crippen LogP contribution in [0.5, 0.6) is 0 Å². The first kappa shape index (κ1) is 23.2. The Labute approximate surface area is 195 Å². The lowest BCUT2D eigenvalue weighted by molar-refractivity contribution is -0.129. The molecule has 2 aromatic carbocycles. The molecular formula is C25H29N3O4S. The van der Waals surface area contributed by atoms with Crippen LogP contribution in [0.4, 0.5) is 5.69 Å². The van der Waals surface area contributed by atoms with Crippen LogP contribution < -0.4 is 5.32 Å². The lowest BCUT2D eigenvalue weighted by Gasteiger charge is -2.32. The highest BCUT2D eigenvalue weighted by Gasteiger charge is 2.29. The molecule has 1 atom stereocenters. The first-order valence-electron chi connectivity index (χ1n) is 11.2. The van der Waals surface area contributed by atoms with E-state index in [1.54, 1.807) is 23.2 Å². The number of hydrogen-bond donors (Lipinski definition) is 1. The molecule has 33 heavy (non-hydrogen) atoms. The molecule has 1 unspecified atom stereocenters. The number of rotatable bonds is 5. The summed E-state index contributed by atoms with van der Waals surface area (Å²) < 4.78 is 27.7. The number of carbonyl (C=O) groups is 2. The summed E-state index contributed by atoms with van der Waals surface area (Å²) in [4.78, 5) is 27.0. The van der Waals surface area contributed by atoms with Crippen molar-refractivity contribution in [1.29, 1.82) is 0 Å². The van der Waals surface area contributed by atoms with Gasteiger partial charge in [-0.3, -0.25) is 9.59 Å². The lowest BCUT2D eigenvalue weighted by Crippen LogP contribution is -2.35. The van der Waals surface area contributed by atoms with Gasteiger partial charge >= 0.3 is 0 Å². The average molecular weight is 468 g/mol. The van der Waals surface area contributed by atoms with E-state index in [-0.39, 0.29) is 23.1 Å². The van der Waals surface area contributed by atoms with Crippen LogP contribution in [0.25, 0.3) is 6.08 Å². The van der Waals surface area contributed by atoms with Gasteiger partial charge in [0.05, 0.1) is 17.4 Å². The van der Waals surface area contributed by atoms with Crippen LogP contribution in [-0.4, -0.2) is 42.5 Å². The number of anilines is 1. The third kappa shape index (κ3) is 4.86. The molecule has 2 amide bonds. The maximum absolute atomic E-state index is 13.1. The number of benzene rings is 2. The molecule has 0 aromatic heterocycles. The molecule has 2 heterocycles. The van der Waals surface area contributed by atoms with Crippen LogP contribution in [0.1, 0.15) is 55.3 Å². The van der Waals surface area contributed by atoms with Gasteiger partial charge in [-0.05, 0) is 54.7 Å². The molecule has 0 aliphatic carbocycles. The van der Waals surface area contributed by atoms with Crippen LogP contribution in [-0.2, 0) is 19.6 Å². The van der Waals surface area contributed by atoms with E-state index in [0.29, 0.717) is 18.8 Å². The van der Waals surface area contributed by atoms with E-state index in [0.717, 1.165) is 36.0 Å². The van der Waals surface area contributed by atoms with Gasteiger partial charge in [-0.2, -0.15) is 4.31 Å². The second-order valence-electron chi connectivity index (χ2n) is 8.58. The van der Waals surface area contributed by atoms with E-state index < -0.39 is 16.1 Å². The standard InChI is InChI=1S/C25H29N3O4S/c1-18-10-11-21(33(31,32)27-13-6-3-7-14-27)16-23(18)26-25(30)17-24-22-9-5-4-8-20(22)12-15-28(24)19(2)29/h4-5,8-12,15-16,24H,3,6-7,13-14,17H2,1-2H3,(H,26,30). The van der Waals surface area contributed by atoms with E-state index in [2.05, 4.69) is 5.32 Å². The summed E-state index contributed by atoms with van der Waals surface area (Å²) in [5, 5.41) is 2.88. The van der Waals surface area contributed by atoms with Gasteiger partial charge in [0.25, 0.3) is 0 Å². The smallest absolute Gasteiger partial charge is 0.243 e. The number of nitrogens with one attached hydrogen (secondary N) is 1. The normalized spacial score (nSPS) is 18.6. The van der Waals surface area contributed by atoms with Gasteiger partial charge < -0.3 is 10.2 Å². The minimum Gasteiger partial charge on any atom is -0.326 e. The second kappa shape index (κ2) is 9.49. The largest absolute Gasteiger partial charge is 0.326 e. The molecule has 8 heteroatoms. The number of fused-ring (bicyclic) bond motifs is 1. The molecule has 1 saturated heterocycles. The van der Waals surface area contributed by atoms with Crippen LogP contribution in [0.3, 0.4) is 0 Å². The summed E-state index contributed by atoms with van der Waals surface area (Å²) >= 11 is 0. The maximum atomic E-state index is 13.1. The predicted octanol–water partition coefficient (Wildman–Crippen LogP) is 4.07. The van der Waals surface area contributed by atoms with Crippen molar-refractivity contribution < 1.29 is 18.0 Å². The van der Waals surface area contributed by atoms with Gasteiger partial charge in [0.1, 0.15) is 0 Å². The van der Waals surface area contributed by atoms with Gasteiger partial charge in [0.15, 0.2) is 0 Å². The minimum atomic E-state index is -3.60. The Hall–Kier alpha value is -2.97. The van der Waals surface area contributed by atoms with Gasteiger partial charge in [-0.25, -0.2) is 8.42 Å². The van der Waals surface area contributed by atoms with Crippen molar-refractivity contribution in [2.24, 2.45) is 0 Å². The third-order valence-corrected chi connectivity index (χ3v) is 8.18. The van der Waals surface area contributed by atoms with Crippen molar-refractivity contribution in [2.45, 2.75) is 50.5 Å². The lowest BCUT2D eigenvalue weighted by atomic mass is 9.93. The van der Waals surface area contributed by atoms with Gasteiger partial charge in [0, 0.05) is 31.9 Å². The fraction of sp³-hybridized carbons (Fsp3) is 0.360. The van der Waals surface area contributed by atoms with Gasteiger partial charge in [-0.15, -0.1) is 0 Å². The third-order valence-electron chi connectivity index (χ3n) is 6.28. The second-order valence-corrected chi connectivity index (χ2v) is 10.5. The molecule has 7 nitrogen and oxygen atoms in total. The summed E-state index contributed by atoms with van der Waals surface area (Å²) in [6, 6.07) is 12.1. The van der Waals surface area contributed by atoms with Crippen molar-refractivity contribution in [1.82, 2.24) is 9.21 Å². The van der Waals surface area contributed by atoms with Crippen molar-refractivity contribution in [2.75, 3.05) is 18.4 Å². The summed E-state index contributed by atoms with van der Waals surface area (Å²) in [6.45, 7) is 4.34. The minimum absolute atomic E-state index is 0.0590. The molecule has 4 rings (SSSR count). The molecule has 174 valence electrons. The molecule has 0 bridgehead atoms. The van der Waals surface area contributed by atoms with E-state index in [4.69, 9.17) is 0 Å². The summed E-state index contributed by atoms with van der Waals surface area (Å²) in [7, 11) is -3.60. The maximum Gasteiger partial charge on any atom is 0.243 e. The quantitative estimate of drug-likeness (QED) is 0.718. The molecule has 2 aliphatic rings. The van der Waals surface area contributed by atoms with Crippen LogP contribution in [0.2, 0.25) is 0 Å². The Bertz CT molecular complexity index is 1200. The molecule has 2 aromatic rings. The summed E-state index contributed by atoms with van der Waals surface area (Å²) in [6.07, 6.45) is 6.39. The topological polar surface area (TPSA) is 86.8 Å². The zero-order chi connectivity index (χ0) is 23.6. The fourth-order valence-corrected chi connectivity index (χ4v) is 5.98. The van der Waals surface area contributed by atoms with Crippen molar-refractivity contribution in [3.63, 3.8) is 0 Å². The van der Waals surface area contributed by atoms with Gasteiger partial charge in [-0.1, -0.05) is 36.8 Å². The van der Waals surface area contributed by atoms with E-state index >= 15 is 0 Å². The number of piperidine rings is 1. The van der Waals surface area contributed by atoms with Crippen LogP contribution in [0.15, 0.2) is 53.6 Å². The fourth-order valence-electron chi connectivity index (χ4n) is 4.44. The Morgan fingerprint density at radius 3 is 2.52 bits per heavy atom. The zero-order valence-corrected chi connectivity index (χ0v) is 19.8. The predicted molar refractivity (Wildman–Crippen MR) is 128 cm³/mol. The van der Waals surface area contributed by atoms with Crippen LogP contribution >= 0.6 is 0 Å². The highest BCUT2D eigenvalue weighted by molar-refractivity contribution is 7.89. The molecule has 0 saturated carbocycles. The zero-order valence-electron chi connectivity index (χ0n) is 19.0. The van der Waals surface area contributed by atoms with Crippen molar-refractivity contribution in [3.8, 4) is 0 Å². The van der Waals surface area contributed by atoms with Crippen molar-refractivity contribution in [3.05, 3.63) is 65.4 Å². The molecule has 2 aliphatic heterocycles. The van der Waals surface area contributed by atoms with Gasteiger partial charge in [0.2, 0.25) is 21.8 Å². The molecule has 0 radical (unpaired) electrons. The summed E-state index contributed by atoms with van der Waals surface area (Å²) in [5.74, 6) is -0.434. The highest BCUT2D eigenvalue weighted by atomic mass is 32.2. The number of amides is 2.